The molecular formula is C19H18F3NO5S. The molecule has 0 radical (unpaired) electrons. The number of carboxylic acids is 1. The minimum atomic E-state index is -4.84. The topological polar surface area (TPSA) is 83.9 Å². The number of carboxylic acid groups (broad SMARTS) is 1. The number of nitrogens with zero attached hydrogens (tertiary/aromatic N) is 1. The van der Waals surface area contributed by atoms with E-state index in [-0.39, 0.29) is 13.0 Å². The molecule has 1 fully saturated rings. The van der Waals surface area contributed by atoms with Crippen LogP contribution in [0.4, 0.5) is 18.9 Å². The number of ether oxygens (including phenoxy) is 1. The number of methoxy groups -OCH3 is 1. The van der Waals surface area contributed by atoms with E-state index in [9.17, 15) is 31.5 Å². The zero-order valence-electron chi connectivity index (χ0n) is 15.3. The summed E-state index contributed by atoms with van der Waals surface area (Å²) in [4.78, 5) is 12.2. The number of rotatable bonds is 5. The van der Waals surface area contributed by atoms with Crippen molar-refractivity contribution in [3.8, 4) is 5.75 Å². The summed E-state index contributed by atoms with van der Waals surface area (Å²) in [5.41, 5.74) is -0.810. The van der Waals surface area contributed by atoms with Crippen molar-refractivity contribution in [1.82, 2.24) is 0 Å². The van der Waals surface area contributed by atoms with Crippen molar-refractivity contribution in [3.63, 3.8) is 0 Å². The lowest BCUT2D eigenvalue weighted by atomic mass is 10.2. The van der Waals surface area contributed by atoms with Gasteiger partial charge in [-0.2, -0.15) is 13.2 Å². The molecule has 1 saturated heterocycles. The van der Waals surface area contributed by atoms with E-state index in [2.05, 4.69) is 0 Å². The highest BCUT2D eigenvalue weighted by Crippen LogP contribution is 2.38. The fourth-order valence-corrected chi connectivity index (χ4v) is 5.35. The highest BCUT2D eigenvalue weighted by molar-refractivity contribution is 7.92. The van der Waals surface area contributed by atoms with E-state index in [4.69, 9.17) is 4.74 Å². The summed E-state index contributed by atoms with van der Waals surface area (Å²) < 4.78 is 71.0. The average Bonchev–Trinajstić information content (AvgIpc) is 3.14. The normalized spacial score (nSPS) is 19.9. The van der Waals surface area contributed by atoms with Crippen molar-refractivity contribution in [2.24, 2.45) is 0 Å². The molecule has 0 spiro atoms. The molecule has 1 aliphatic heterocycles. The van der Waals surface area contributed by atoms with E-state index in [1.54, 1.807) is 24.3 Å². The molecule has 0 bridgehead atoms. The molecule has 6 nitrogen and oxygen atoms in total. The minimum absolute atomic E-state index is 0.238. The molecule has 1 N–H and O–H groups in total. The first-order valence-electron chi connectivity index (χ1n) is 8.59. The van der Waals surface area contributed by atoms with Crippen molar-refractivity contribution in [2.75, 3.05) is 18.6 Å². The predicted octanol–water partition coefficient (Wildman–Crippen LogP) is 3.22. The number of hydrogen-bond acceptors (Lipinski definition) is 5. The molecule has 29 heavy (non-hydrogen) atoms. The maximum atomic E-state index is 13.3. The first-order valence-corrected chi connectivity index (χ1v) is 10.1. The van der Waals surface area contributed by atoms with Gasteiger partial charge in [-0.3, -0.25) is 0 Å². The van der Waals surface area contributed by atoms with E-state index in [0.717, 1.165) is 12.1 Å². The van der Waals surface area contributed by atoms with Gasteiger partial charge in [0.25, 0.3) is 0 Å². The van der Waals surface area contributed by atoms with Gasteiger partial charge < -0.3 is 14.7 Å². The molecule has 2 aromatic carbocycles. The smallest absolute Gasteiger partial charge is 0.417 e. The van der Waals surface area contributed by atoms with Crippen LogP contribution in [0, 0.1) is 0 Å². The van der Waals surface area contributed by atoms with Gasteiger partial charge in [-0.25, -0.2) is 13.2 Å². The summed E-state index contributed by atoms with van der Waals surface area (Å²) in [6.45, 7) is -0.238. The maximum absolute atomic E-state index is 13.3. The molecule has 1 heterocycles. The van der Waals surface area contributed by atoms with Crippen LogP contribution in [0.1, 0.15) is 12.0 Å². The second-order valence-corrected chi connectivity index (χ2v) is 8.80. The Bertz CT molecular complexity index is 1010. The Balaban J connectivity index is 1.99. The lowest BCUT2D eigenvalue weighted by Gasteiger charge is -2.23. The van der Waals surface area contributed by atoms with Crippen LogP contribution >= 0.6 is 0 Å². The van der Waals surface area contributed by atoms with Gasteiger partial charge >= 0.3 is 12.1 Å². The summed E-state index contributed by atoms with van der Waals surface area (Å²) >= 11 is 0. The Morgan fingerprint density at radius 2 is 1.76 bits per heavy atom. The van der Waals surface area contributed by atoms with Crippen molar-refractivity contribution < 1.29 is 36.2 Å². The zero-order chi connectivity index (χ0) is 21.4. The van der Waals surface area contributed by atoms with Crippen molar-refractivity contribution in [2.45, 2.75) is 28.8 Å². The Morgan fingerprint density at radius 1 is 1.14 bits per heavy atom. The molecule has 0 saturated carbocycles. The van der Waals surface area contributed by atoms with Crippen molar-refractivity contribution in [1.29, 1.82) is 0 Å². The van der Waals surface area contributed by atoms with Gasteiger partial charge in [0, 0.05) is 12.2 Å². The SMILES string of the molecule is COc1ccc(N2C[C@H](S(=O)(=O)c3ccccc3C(F)(F)F)C[C@H]2C(=O)O)cc1. The van der Waals surface area contributed by atoms with Crippen LogP contribution < -0.4 is 9.64 Å². The summed E-state index contributed by atoms with van der Waals surface area (Å²) in [5, 5.41) is 8.25. The molecule has 2 atom stereocenters. The molecule has 1 aliphatic rings. The third kappa shape index (κ3) is 4.02. The summed E-state index contributed by atoms with van der Waals surface area (Å²) in [6, 6.07) is 9.10. The Hall–Kier alpha value is -2.75. The third-order valence-corrected chi connectivity index (χ3v) is 7.08. The van der Waals surface area contributed by atoms with E-state index in [1.165, 1.54) is 18.1 Å². The monoisotopic (exact) mass is 429 g/mol. The summed E-state index contributed by atoms with van der Waals surface area (Å²) in [6.07, 6.45) is -5.17. The Morgan fingerprint density at radius 3 is 2.31 bits per heavy atom. The highest BCUT2D eigenvalue weighted by Gasteiger charge is 2.46. The summed E-state index contributed by atoms with van der Waals surface area (Å²) in [5.74, 6) is -0.717. The molecule has 3 rings (SSSR count). The fraction of sp³-hybridized carbons (Fsp3) is 0.316. The number of sulfone groups is 1. The Kier molecular flexibility index (Phi) is 5.48. The van der Waals surface area contributed by atoms with Crippen LogP contribution in [0.25, 0.3) is 0 Å². The molecule has 0 unspecified atom stereocenters. The molecule has 10 heteroatoms. The van der Waals surface area contributed by atoms with E-state index < -0.39 is 43.7 Å². The van der Waals surface area contributed by atoms with Crippen LogP contribution in [0.5, 0.6) is 5.75 Å². The molecule has 2 aromatic rings. The van der Waals surface area contributed by atoms with Gasteiger partial charge in [-0.05, 0) is 42.8 Å². The minimum Gasteiger partial charge on any atom is -0.497 e. The number of halogens is 3. The van der Waals surface area contributed by atoms with E-state index >= 15 is 0 Å². The van der Waals surface area contributed by atoms with Gasteiger partial charge in [0.15, 0.2) is 9.84 Å². The lowest BCUT2D eigenvalue weighted by Crippen LogP contribution is -2.36. The van der Waals surface area contributed by atoms with Crippen LogP contribution in [0.15, 0.2) is 53.4 Å². The maximum Gasteiger partial charge on any atom is 0.417 e. The molecule has 0 aliphatic carbocycles. The molecule has 0 aromatic heterocycles. The number of hydrogen-bond donors (Lipinski definition) is 1. The number of carbonyl (C=O) groups is 1. The quantitative estimate of drug-likeness (QED) is 0.786. The van der Waals surface area contributed by atoms with Crippen LogP contribution in [0.3, 0.4) is 0 Å². The molecular weight excluding hydrogens is 411 g/mol. The third-order valence-electron chi connectivity index (χ3n) is 4.89. The number of benzene rings is 2. The van der Waals surface area contributed by atoms with E-state index in [1.807, 2.05) is 0 Å². The van der Waals surface area contributed by atoms with Crippen LogP contribution in [-0.4, -0.2) is 44.4 Å². The number of aliphatic carboxylic acids is 1. The standard InChI is InChI=1S/C19H18F3NO5S/c1-28-13-8-6-12(7-9-13)23-11-14(10-16(23)18(24)25)29(26,27)17-5-3-2-4-15(17)19(20,21)22/h2-9,14,16H,10-11H2,1H3,(H,24,25)/t14-,16+/m1/s1. The molecule has 0 amide bonds. The average molecular weight is 429 g/mol. The largest absolute Gasteiger partial charge is 0.497 e. The van der Waals surface area contributed by atoms with Gasteiger partial charge in [0.05, 0.1) is 22.8 Å². The fourth-order valence-electron chi connectivity index (χ4n) is 3.44. The zero-order valence-corrected chi connectivity index (χ0v) is 16.1. The number of anilines is 1. The van der Waals surface area contributed by atoms with Crippen molar-refractivity contribution >= 4 is 21.5 Å². The van der Waals surface area contributed by atoms with E-state index in [0.29, 0.717) is 17.5 Å². The molecule has 156 valence electrons. The Labute approximate surface area is 165 Å². The first-order chi connectivity index (χ1) is 13.6. The lowest BCUT2D eigenvalue weighted by molar-refractivity contribution is -0.140. The second kappa shape index (κ2) is 7.58. The number of alkyl halides is 3. The highest BCUT2D eigenvalue weighted by atomic mass is 32.2. The first kappa shape index (κ1) is 21.0. The predicted molar refractivity (Wildman–Crippen MR) is 98.8 cm³/mol. The van der Waals surface area contributed by atoms with Gasteiger partial charge in [-0.1, -0.05) is 12.1 Å². The van der Waals surface area contributed by atoms with Crippen molar-refractivity contribution in [3.05, 3.63) is 54.1 Å². The van der Waals surface area contributed by atoms with Gasteiger partial charge in [0.1, 0.15) is 11.8 Å². The van der Waals surface area contributed by atoms with Crippen LogP contribution in [0.2, 0.25) is 0 Å². The van der Waals surface area contributed by atoms with Gasteiger partial charge in [-0.15, -0.1) is 0 Å². The van der Waals surface area contributed by atoms with Crippen LogP contribution in [-0.2, 0) is 20.8 Å². The van der Waals surface area contributed by atoms with Gasteiger partial charge in [0.2, 0.25) is 0 Å². The summed E-state index contributed by atoms with van der Waals surface area (Å²) in [7, 11) is -2.96. The second-order valence-electron chi connectivity index (χ2n) is 6.60.